The molecule has 0 atom stereocenters. The van der Waals surface area contributed by atoms with E-state index < -0.39 is 0 Å². The minimum Gasteiger partial charge on any atom is -0.353 e. The lowest BCUT2D eigenvalue weighted by molar-refractivity contribution is -0.120. The molecular formula is C17H24N4O3S. The third-order valence-corrected chi connectivity index (χ3v) is 4.74. The van der Waals surface area contributed by atoms with Gasteiger partial charge in [0, 0.05) is 18.7 Å². The number of nitrogens with one attached hydrogen (secondary N) is 3. The van der Waals surface area contributed by atoms with Crippen LogP contribution in [-0.4, -0.2) is 40.1 Å². The van der Waals surface area contributed by atoms with Crippen LogP contribution < -0.4 is 16.2 Å². The molecule has 2 amide bonds. The zero-order chi connectivity index (χ0) is 18.1. The molecule has 0 bridgehead atoms. The maximum Gasteiger partial charge on any atom is 0.251 e. The predicted octanol–water partition coefficient (Wildman–Crippen LogP) is 1.16. The highest BCUT2D eigenvalue weighted by molar-refractivity contribution is 7.99. The lowest BCUT2D eigenvalue weighted by atomic mass is 9.95. The van der Waals surface area contributed by atoms with E-state index in [1.54, 1.807) is 6.08 Å². The summed E-state index contributed by atoms with van der Waals surface area (Å²) in [5.41, 5.74) is 0.0391. The second kappa shape index (κ2) is 10.0. The summed E-state index contributed by atoms with van der Waals surface area (Å²) in [6.45, 7) is 3.89. The molecule has 0 aliphatic heterocycles. The van der Waals surface area contributed by atoms with Crippen LogP contribution in [0.2, 0.25) is 0 Å². The molecule has 1 aliphatic rings. The van der Waals surface area contributed by atoms with Gasteiger partial charge in [-0.15, -0.1) is 6.58 Å². The Hall–Kier alpha value is -2.09. The van der Waals surface area contributed by atoms with Gasteiger partial charge in [0.15, 0.2) is 5.16 Å². The fourth-order valence-electron chi connectivity index (χ4n) is 2.71. The second-order valence-corrected chi connectivity index (χ2v) is 6.97. The summed E-state index contributed by atoms with van der Waals surface area (Å²) < 4.78 is 0. The molecule has 0 unspecified atom stereocenters. The average molecular weight is 364 g/mol. The van der Waals surface area contributed by atoms with Gasteiger partial charge in [-0.1, -0.05) is 37.1 Å². The number of aromatic amines is 1. The molecule has 0 spiro atoms. The topological polar surface area (TPSA) is 104 Å². The van der Waals surface area contributed by atoms with Crippen molar-refractivity contribution in [1.29, 1.82) is 0 Å². The van der Waals surface area contributed by atoms with Crippen molar-refractivity contribution in [1.82, 2.24) is 20.6 Å². The molecule has 1 heterocycles. The van der Waals surface area contributed by atoms with Crippen LogP contribution in [0.25, 0.3) is 0 Å². The van der Waals surface area contributed by atoms with Crippen molar-refractivity contribution in [2.45, 2.75) is 49.7 Å². The molecule has 1 aromatic rings. The van der Waals surface area contributed by atoms with E-state index in [-0.39, 0.29) is 35.6 Å². The highest BCUT2D eigenvalue weighted by atomic mass is 32.2. The van der Waals surface area contributed by atoms with E-state index >= 15 is 0 Å². The van der Waals surface area contributed by atoms with Crippen molar-refractivity contribution in [2.75, 3.05) is 12.3 Å². The van der Waals surface area contributed by atoms with E-state index in [1.807, 2.05) is 0 Å². The molecule has 0 radical (unpaired) electrons. The minimum absolute atomic E-state index is 0.0135. The predicted molar refractivity (Wildman–Crippen MR) is 97.5 cm³/mol. The Balaban J connectivity index is 1.86. The number of hydrogen-bond donors (Lipinski definition) is 3. The van der Waals surface area contributed by atoms with Crippen molar-refractivity contribution in [3.63, 3.8) is 0 Å². The van der Waals surface area contributed by atoms with Gasteiger partial charge >= 0.3 is 0 Å². The summed E-state index contributed by atoms with van der Waals surface area (Å²) in [4.78, 5) is 42.3. The highest BCUT2D eigenvalue weighted by Gasteiger charge is 2.16. The first-order chi connectivity index (χ1) is 12.1. The first-order valence-corrected chi connectivity index (χ1v) is 9.45. The van der Waals surface area contributed by atoms with Gasteiger partial charge in [0.1, 0.15) is 0 Å². The van der Waals surface area contributed by atoms with E-state index in [9.17, 15) is 14.4 Å². The van der Waals surface area contributed by atoms with E-state index in [4.69, 9.17) is 0 Å². The van der Waals surface area contributed by atoms with E-state index in [1.165, 1.54) is 12.5 Å². The normalized spacial score (nSPS) is 14.7. The second-order valence-electron chi connectivity index (χ2n) is 6.00. The van der Waals surface area contributed by atoms with Gasteiger partial charge in [-0.05, 0) is 12.8 Å². The largest absolute Gasteiger partial charge is 0.353 e. The molecule has 1 aromatic heterocycles. The van der Waals surface area contributed by atoms with Crippen LogP contribution >= 0.6 is 11.8 Å². The zero-order valence-corrected chi connectivity index (χ0v) is 15.0. The Kier molecular flexibility index (Phi) is 7.72. The van der Waals surface area contributed by atoms with Gasteiger partial charge in [-0.3, -0.25) is 14.4 Å². The summed E-state index contributed by atoms with van der Waals surface area (Å²) in [5, 5.41) is 6.00. The van der Waals surface area contributed by atoms with E-state index in [2.05, 4.69) is 27.2 Å². The lowest BCUT2D eigenvalue weighted by Crippen LogP contribution is -2.37. The van der Waals surface area contributed by atoms with Crippen LogP contribution in [0.3, 0.4) is 0 Å². The van der Waals surface area contributed by atoms with Crippen LogP contribution in [0.1, 0.15) is 37.8 Å². The molecule has 0 aromatic carbocycles. The van der Waals surface area contributed by atoms with Crippen LogP contribution in [-0.2, 0) is 16.0 Å². The first-order valence-electron chi connectivity index (χ1n) is 8.47. The number of carbonyl (C=O) groups is 2. The molecule has 2 rings (SSSR count). The number of aromatic nitrogens is 2. The molecule has 1 aliphatic carbocycles. The van der Waals surface area contributed by atoms with E-state index in [0.717, 1.165) is 37.4 Å². The molecule has 1 saturated carbocycles. The van der Waals surface area contributed by atoms with Gasteiger partial charge in [-0.2, -0.15) is 0 Å². The van der Waals surface area contributed by atoms with Crippen LogP contribution in [0.5, 0.6) is 0 Å². The van der Waals surface area contributed by atoms with Gasteiger partial charge in [-0.25, -0.2) is 4.98 Å². The summed E-state index contributed by atoms with van der Waals surface area (Å²) in [7, 11) is 0. The molecular weight excluding hydrogens is 340 g/mol. The Morgan fingerprint density at radius 3 is 2.80 bits per heavy atom. The molecule has 7 nitrogen and oxygen atoms in total. The highest BCUT2D eigenvalue weighted by Crippen LogP contribution is 2.18. The molecule has 25 heavy (non-hydrogen) atoms. The van der Waals surface area contributed by atoms with E-state index in [0.29, 0.717) is 17.4 Å². The number of carbonyl (C=O) groups excluding carboxylic acids is 2. The number of nitrogens with zero attached hydrogens (tertiary/aromatic N) is 1. The fourth-order valence-corrected chi connectivity index (χ4v) is 3.41. The first kappa shape index (κ1) is 19.2. The standard InChI is InChI=1S/C17H24N4O3S/c1-2-8-18-14(22)9-13-10-15(23)21-17(20-13)25-11-16(24)19-12-6-4-3-5-7-12/h2,10,12H,1,3-9,11H2,(H,18,22)(H,19,24)(H,20,21,23). The van der Waals surface area contributed by atoms with Crippen LogP contribution in [0.15, 0.2) is 28.7 Å². The minimum atomic E-state index is -0.336. The lowest BCUT2D eigenvalue weighted by Gasteiger charge is -2.22. The Bertz CT molecular complexity index is 668. The summed E-state index contributed by atoms with van der Waals surface area (Å²) >= 11 is 1.16. The van der Waals surface area contributed by atoms with Crippen LogP contribution in [0.4, 0.5) is 0 Å². The van der Waals surface area contributed by atoms with Crippen LogP contribution in [0, 0.1) is 0 Å². The van der Waals surface area contributed by atoms with Crippen molar-refractivity contribution in [3.8, 4) is 0 Å². The molecule has 136 valence electrons. The Morgan fingerprint density at radius 2 is 2.08 bits per heavy atom. The quantitative estimate of drug-likeness (QED) is 0.365. The molecule has 0 saturated heterocycles. The van der Waals surface area contributed by atoms with Crippen molar-refractivity contribution >= 4 is 23.6 Å². The number of thioether (sulfide) groups is 1. The smallest absolute Gasteiger partial charge is 0.251 e. The number of H-pyrrole nitrogens is 1. The SMILES string of the molecule is C=CCNC(=O)Cc1cc(=O)[nH]c(SCC(=O)NC2CCCCC2)n1. The monoisotopic (exact) mass is 364 g/mol. The van der Waals surface area contributed by atoms with Gasteiger partial charge in [0.25, 0.3) is 5.56 Å². The van der Waals surface area contributed by atoms with Crippen molar-refractivity contribution < 1.29 is 9.59 Å². The third kappa shape index (κ3) is 7.13. The molecule has 1 fully saturated rings. The maximum absolute atomic E-state index is 12.0. The zero-order valence-electron chi connectivity index (χ0n) is 14.2. The van der Waals surface area contributed by atoms with Crippen molar-refractivity contribution in [3.05, 3.63) is 34.8 Å². The number of hydrogen-bond acceptors (Lipinski definition) is 5. The van der Waals surface area contributed by atoms with Gasteiger partial charge < -0.3 is 15.6 Å². The summed E-state index contributed by atoms with van der Waals surface area (Å²) in [5.74, 6) is -0.108. The Morgan fingerprint density at radius 1 is 1.32 bits per heavy atom. The van der Waals surface area contributed by atoms with Crippen molar-refractivity contribution in [2.24, 2.45) is 0 Å². The molecule has 3 N–H and O–H groups in total. The summed E-state index contributed by atoms with van der Waals surface area (Å²) in [6.07, 6.45) is 7.20. The van der Waals surface area contributed by atoms with Gasteiger partial charge in [0.05, 0.1) is 17.9 Å². The average Bonchev–Trinajstić information content (AvgIpc) is 2.58. The third-order valence-electron chi connectivity index (χ3n) is 3.87. The maximum atomic E-state index is 12.0. The Labute approximate surface area is 151 Å². The number of amides is 2. The summed E-state index contributed by atoms with van der Waals surface area (Å²) in [6, 6.07) is 1.55. The number of rotatable bonds is 8. The fraction of sp³-hybridized carbons (Fsp3) is 0.529. The van der Waals surface area contributed by atoms with Gasteiger partial charge in [0.2, 0.25) is 11.8 Å². The molecule has 8 heteroatoms.